The van der Waals surface area contributed by atoms with E-state index in [4.69, 9.17) is 0 Å². The summed E-state index contributed by atoms with van der Waals surface area (Å²) in [4.78, 5) is 17.8. The van der Waals surface area contributed by atoms with E-state index in [1.807, 2.05) is 13.0 Å². The number of imidazole rings is 1. The topological polar surface area (TPSA) is 74.7 Å². The number of likely N-dealkylation sites (tertiary alicyclic amines) is 1. The number of anilines is 1. The van der Waals surface area contributed by atoms with Crippen molar-refractivity contribution in [3.05, 3.63) is 36.2 Å². The van der Waals surface area contributed by atoms with E-state index in [1.165, 1.54) is 12.3 Å². The summed E-state index contributed by atoms with van der Waals surface area (Å²) in [5.74, 6) is 0.222. The van der Waals surface area contributed by atoms with Gasteiger partial charge in [-0.25, -0.2) is 14.4 Å². The molecule has 1 aromatic carbocycles. The van der Waals surface area contributed by atoms with Crippen molar-refractivity contribution in [3.8, 4) is 11.1 Å². The number of alkyl halides is 3. The molecule has 0 atom stereocenters. The molecule has 0 saturated carbocycles. The summed E-state index contributed by atoms with van der Waals surface area (Å²) in [6.07, 6.45) is 0.651. The van der Waals surface area contributed by atoms with Crippen LogP contribution in [0.25, 0.3) is 33.2 Å². The van der Waals surface area contributed by atoms with E-state index in [9.17, 15) is 13.2 Å². The maximum absolute atomic E-state index is 15.1. The first-order valence-electron chi connectivity index (χ1n) is 10.7. The van der Waals surface area contributed by atoms with Gasteiger partial charge in [0, 0.05) is 29.4 Å². The Morgan fingerprint density at radius 2 is 1.94 bits per heavy atom. The van der Waals surface area contributed by atoms with E-state index in [1.54, 1.807) is 6.20 Å². The molecule has 4 aromatic rings. The first-order chi connectivity index (χ1) is 15.7. The Bertz CT molecular complexity index is 1320. The summed E-state index contributed by atoms with van der Waals surface area (Å²) in [6.45, 7) is 2.60. The van der Waals surface area contributed by atoms with Crippen LogP contribution in [-0.4, -0.2) is 62.3 Å². The number of nitrogens with zero attached hydrogens (tertiary/aromatic N) is 5. The van der Waals surface area contributed by atoms with Gasteiger partial charge in [-0.15, -0.1) is 0 Å². The number of fused-ring (bicyclic) bond motifs is 2. The van der Waals surface area contributed by atoms with Crippen molar-refractivity contribution in [2.24, 2.45) is 0 Å². The maximum atomic E-state index is 15.1. The van der Waals surface area contributed by atoms with Gasteiger partial charge in [-0.05, 0) is 57.6 Å². The van der Waals surface area contributed by atoms with Gasteiger partial charge in [0.2, 0.25) is 5.95 Å². The Morgan fingerprint density at radius 3 is 2.67 bits per heavy atom. The lowest BCUT2D eigenvalue weighted by Crippen LogP contribution is -2.31. The molecule has 0 radical (unpaired) electrons. The quantitative estimate of drug-likeness (QED) is 0.433. The smallest absolute Gasteiger partial charge is 0.345 e. The maximum Gasteiger partial charge on any atom is 0.405 e. The fourth-order valence-electron chi connectivity index (χ4n) is 4.55. The molecule has 1 aliphatic heterocycles. The molecule has 7 nitrogen and oxygen atoms in total. The molecule has 2 N–H and O–H groups in total. The van der Waals surface area contributed by atoms with Gasteiger partial charge in [0.15, 0.2) is 5.82 Å². The van der Waals surface area contributed by atoms with Crippen molar-refractivity contribution in [2.75, 3.05) is 32.0 Å². The second kappa shape index (κ2) is 7.98. The third-order valence-electron chi connectivity index (χ3n) is 6.17. The monoisotopic (exact) mass is 461 g/mol. The fourth-order valence-corrected chi connectivity index (χ4v) is 4.55. The minimum absolute atomic E-state index is 0.133. The fraction of sp³-hybridized carbons (Fsp3) is 0.409. The highest BCUT2D eigenvalue weighted by molar-refractivity contribution is 5.96. The molecule has 1 saturated heterocycles. The number of rotatable bonds is 4. The zero-order valence-electron chi connectivity index (χ0n) is 18.2. The minimum atomic E-state index is -4.37. The Morgan fingerprint density at radius 1 is 1.18 bits per heavy atom. The average molecular weight is 461 g/mol. The first kappa shape index (κ1) is 21.6. The van der Waals surface area contributed by atoms with Crippen LogP contribution in [0.15, 0.2) is 24.5 Å². The molecule has 11 heteroatoms. The minimum Gasteiger partial charge on any atom is -0.345 e. The summed E-state index contributed by atoms with van der Waals surface area (Å²) in [5, 5.41) is 2.76. The molecule has 0 spiro atoms. The highest BCUT2D eigenvalue weighted by Gasteiger charge is 2.27. The summed E-state index contributed by atoms with van der Waals surface area (Å²) in [5.41, 5.74) is 2.73. The van der Waals surface area contributed by atoms with Gasteiger partial charge in [-0.3, -0.25) is 0 Å². The molecule has 0 aliphatic carbocycles. The Balaban J connectivity index is 1.54. The van der Waals surface area contributed by atoms with Crippen molar-refractivity contribution in [2.45, 2.75) is 32.0 Å². The Kier molecular flexibility index (Phi) is 5.23. The molecule has 1 fully saturated rings. The predicted molar refractivity (Wildman–Crippen MR) is 118 cm³/mol. The second-order valence-electron chi connectivity index (χ2n) is 8.52. The SMILES string of the molecule is Cc1nc2c(F)cc(-c3c[nH]c4nc(NCC(F)(F)F)ncc34)cc2n1C1CCN(C)CC1. The number of piperidine rings is 1. The van der Waals surface area contributed by atoms with Crippen LogP contribution < -0.4 is 5.32 Å². The van der Waals surface area contributed by atoms with Crippen molar-refractivity contribution >= 4 is 28.0 Å². The Hall–Kier alpha value is -3.21. The molecule has 174 valence electrons. The molecule has 1 aliphatic rings. The number of aromatic amines is 1. The van der Waals surface area contributed by atoms with Crippen LogP contribution in [-0.2, 0) is 0 Å². The van der Waals surface area contributed by atoms with Crippen molar-refractivity contribution < 1.29 is 17.6 Å². The van der Waals surface area contributed by atoms with E-state index in [2.05, 4.69) is 41.8 Å². The van der Waals surface area contributed by atoms with Crippen LogP contribution in [0, 0.1) is 12.7 Å². The van der Waals surface area contributed by atoms with Gasteiger partial charge in [0.25, 0.3) is 0 Å². The number of aryl methyl sites for hydroxylation is 1. The number of aromatic nitrogens is 5. The van der Waals surface area contributed by atoms with Crippen molar-refractivity contribution in [3.63, 3.8) is 0 Å². The average Bonchev–Trinajstić information content (AvgIpc) is 3.33. The summed E-state index contributed by atoms with van der Waals surface area (Å²) in [7, 11) is 2.09. The van der Waals surface area contributed by atoms with Crippen molar-refractivity contribution in [1.29, 1.82) is 0 Å². The molecule has 0 amide bonds. The summed E-state index contributed by atoms with van der Waals surface area (Å²) >= 11 is 0. The highest BCUT2D eigenvalue weighted by Crippen LogP contribution is 2.35. The van der Waals surface area contributed by atoms with Gasteiger partial charge in [0.05, 0.1) is 5.52 Å². The van der Waals surface area contributed by atoms with Gasteiger partial charge in [0.1, 0.15) is 23.5 Å². The zero-order chi connectivity index (χ0) is 23.3. The van der Waals surface area contributed by atoms with Crippen LogP contribution in [0.4, 0.5) is 23.5 Å². The van der Waals surface area contributed by atoms with E-state index >= 15 is 4.39 Å². The molecule has 33 heavy (non-hydrogen) atoms. The van der Waals surface area contributed by atoms with Gasteiger partial charge in [-0.1, -0.05) is 0 Å². The van der Waals surface area contributed by atoms with Gasteiger partial charge < -0.3 is 19.8 Å². The summed E-state index contributed by atoms with van der Waals surface area (Å²) in [6, 6.07) is 3.58. The molecule has 0 bridgehead atoms. The molecular formula is C22H23F4N7. The standard InChI is InChI=1S/C22H23F4N7/c1-12-30-19-17(23)7-13(8-18(19)33(12)14-3-5-32(2)6-4-14)15-9-27-20-16(15)10-28-21(31-20)29-11-22(24,25)26/h7-10,14H,3-6,11H2,1-2H3,(H2,27,28,29,31). The lowest BCUT2D eigenvalue weighted by molar-refractivity contribution is -0.115. The van der Waals surface area contributed by atoms with Crippen LogP contribution in [0.3, 0.4) is 0 Å². The third-order valence-corrected chi connectivity index (χ3v) is 6.17. The number of benzene rings is 1. The lowest BCUT2D eigenvalue weighted by atomic mass is 10.0. The van der Waals surface area contributed by atoms with Crippen LogP contribution in [0.2, 0.25) is 0 Å². The third kappa shape index (κ3) is 4.12. The van der Waals surface area contributed by atoms with E-state index < -0.39 is 18.5 Å². The zero-order valence-corrected chi connectivity index (χ0v) is 18.2. The number of nitrogens with one attached hydrogen (secondary N) is 2. The first-order valence-corrected chi connectivity index (χ1v) is 10.7. The summed E-state index contributed by atoms with van der Waals surface area (Å²) < 4.78 is 54.6. The normalized spacial score (nSPS) is 16.2. The van der Waals surface area contributed by atoms with E-state index in [0.29, 0.717) is 27.7 Å². The number of H-pyrrole nitrogens is 1. The van der Waals surface area contributed by atoms with Crippen LogP contribution in [0.5, 0.6) is 0 Å². The van der Waals surface area contributed by atoms with Gasteiger partial charge in [-0.2, -0.15) is 18.2 Å². The number of halogens is 4. The second-order valence-corrected chi connectivity index (χ2v) is 8.52. The molecule has 4 heterocycles. The van der Waals surface area contributed by atoms with E-state index in [-0.39, 0.29) is 12.0 Å². The van der Waals surface area contributed by atoms with Gasteiger partial charge >= 0.3 is 6.18 Å². The lowest BCUT2D eigenvalue weighted by Gasteiger charge is -2.30. The molecule has 3 aromatic heterocycles. The van der Waals surface area contributed by atoms with Crippen LogP contribution in [0.1, 0.15) is 24.7 Å². The Labute approximate surface area is 186 Å². The predicted octanol–water partition coefficient (Wildman–Crippen LogP) is 4.66. The molecule has 0 unspecified atom stereocenters. The van der Waals surface area contributed by atoms with Crippen LogP contribution >= 0.6 is 0 Å². The number of hydrogen-bond acceptors (Lipinski definition) is 5. The van der Waals surface area contributed by atoms with E-state index in [0.717, 1.165) is 37.3 Å². The molecular weight excluding hydrogens is 438 g/mol. The molecule has 5 rings (SSSR count). The van der Waals surface area contributed by atoms with Crippen molar-refractivity contribution in [1.82, 2.24) is 29.4 Å². The number of hydrogen-bond donors (Lipinski definition) is 2. The highest BCUT2D eigenvalue weighted by atomic mass is 19.4. The largest absolute Gasteiger partial charge is 0.405 e.